The van der Waals surface area contributed by atoms with Gasteiger partial charge in [0.05, 0.1) is 6.26 Å². The molecule has 2 heterocycles. The molecule has 0 unspecified atom stereocenters. The first kappa shape index (κ1) is 23.0. The minimum atomic E-state index is -0.174. The van der Waals surface area contributed by atoms with E-state index in [1.807, 2.05) is 30.8 Å². The number of hydrogen-bond acceptors (Lipinski definition) is 4. The van der Waals surface area contributed by atoms with E-state index in [0.717, 1.165) is 50.5 Å². The highest BCUT2D eigenvalue weighted by Crippen LogP contribution is 2.07. The molecule has 0 atom stereocenters. The number of amides is 1. The minimum absolute atomic E-state index is 0. The average molecular weight is 488 g/mol. The molecule has 0 aliphatic carbocycles. The van der Waals surface area contributed by atoms with Crippen molar-refractivity contribution < 1.29 is 9.21 Å². The smallest absolute Gasteiger partial charge is 0.287 e. The zero-order valence-corrected chi connectivity index (χ0v) is 18.2. The zero-order valence-electron chi connectivity index (χ0n) is 15.9. The third kappa shape index (κ3) is 8.46. The molecule has 9 heteroatoms. The molecule has 0 aliphatic rings. The molecule has 3 N–H and O–H groups in total. The lowest BCUT2D eigenvalue weighted by molar-refractivity contribution is 0.0925. The fourth-order valence-electron chi connectivity index (χ4n) is 2.38. The van der Waals surface area contributed by atoms with Gasteiger partial charge in [0.1, 0.15) is 0 Å². The molecular weight excluding hydrogens is 459 g/mol. The van der Waals surface area contributed by atoms with Crippen molar-refractivity contribution in [3.05, 3.63) is 42.1 Å². The van der Waals surface area contributed by atoms with Crippen molar-refractivity contribution in [3.63, 3.8) is 0 Å². The van der Waals surface area contributed by atoms with E-state index in [1.165, 1.54) is 6.26 Å². The summed E-state index contributed by atoms with van der Waals surface area (Å²) >= 11 is 0. The van der Waals surface area contributed by atoms with Gasteiger partial charge in [-0.3, -0.25) is 14.5 Å². The number of halogens is 1. The molecule has 0 bridgehead atoms. The maximum absolute atomic E-state index is 11.9. The maximum atomic E-state index is 11.9. The number of carbonyl (C=O) groups excluding carboxylic acids is 1. The van der Waals surface area contributed by atoms with Gasteiger partial charge < -0.3 is 20.4 Å². The summed E-state index contributed by atoms with van der Waals surface area (Å²) in [5, 5.41) is 13.5. The van der Waals surface area contributed by atoms with Gasteiger partial charge in [-0.25, -0.2) is 0 Å². The second-order valence-electron chi connectivity index (χ2n) is 5.85. The largest absolute Gasteiger partial charge is 0.459 e. The molecule has 2 rings (SSSR count). The number of guanidine groups is 1. The van der Waals surface area contributed by atoms with Crippen LogP contribution in [0.3, 0.4) is 0 Å². The molecule has 150 valence electrons. The third-order valence-corrected chi connectivity index (χ3v) is 3.72. The lowest BCUT2D eigenvalue weighted by Gasteiger charge is -2.11. The molecule has 0 saturated heterocycles. The monoisotopic (exact) mass is 488 g/mol. The normalized spacial score (nSPS) is 11.0. The van der Waals surface area contributed by atoms with Crippen molar-refractivity contribution in [2.45, 2.75) is 33.2 Å². The first-order chi connectivity index (χ1) is 12.7. The topological polar surface area (TPSA) is 96.5 Å². The fourth-order valence-corrected chi connectivity index (χ4v) is 2.38. The molecule has 0 saturated carbocycles. The van der Waals surface area contributed by atoms with Gasteiger partial charge in [0.2, 0.25) is 0 Å². The van der Waals surface area contributed by atoms with Crippen molar-refractivity contribution in [1.82, 2.24) is 25.7 Å². The van der Waals surface area contributed by atoms with Crippen LogP contribution in [-0.2, 0) is 6.54 Å². The number of carbonyl (C=O) groups is 1. The van der Waals surface area contributed by atoms with E-state index in [4.69, 9.17) is 4.42 Å². The quantitative estimate of drug-likeness (QED) is 0.206. The Balaban J connectivity index is 0.00000364. The van der Waals surface area contributed by atoms with Crippen LogP contribution in [0.1, 0.15) is 35.9 Å². The summed E-state index contributed by atoms with van der Waals surface area (Å²) in [6, 6.07) is 3.70. The number of nitrogens with zero attached hydrogens (tertiary/aromatic N) is 3. The van der Waals surface area contributed by atoms with Crippen LogP contribution in [0, 0.1) is 6.92 Å². The van der Waals surface area contributed by atoms with Crippen molar-refractivity contribution in [3.8, 4) is 0 Å². The van der Waals surface area contributed by atoms with E-state index < -0.39 is 0 Å². The maximum Gasteiger partial charge on any atom is 0.287 e. The van der Waals surface area contributed by atoms with Crippen LogP contribution in [0.25, 0.3) is 0 Å². The van der Waals surface area contributed by atoms with Crippen LogP contribution in [0.4, 0.5) is 0 Å². The summed E-state index contributed by atoms with van der Waals surface area (Å²) in [6.07, 6.45) is 6.98. The molecule has 2 aromatic heterocycles. The highest BCUT2D eigenvalue weighted by molar-refractivity contribution is 14.0. The van der Waals surface area contributed by atoms with E-state index >= 15 is 0 Å². The minimum Gasteiger partial charge on any atom is -0.459 e. The van der Waals surface area contributed by atoms with Crippen molar-refractivity contribution >= 4 is 35.8 Å². The molecule has 8 nitrogen and oxygen atoms in total. The van der Waals surface area contributed by atoms with Crippen LogP contribution >= 0.6 is 24.0 Å². The molecular formula is C18H29IN6O2. The van der Waals surface area contributed by atoms with Gasteiger partial charge in [-0.15, -0.1) is 24.0 Å². The lowest BCUT2D eigenvalue weighted by atomic mass is 10.2. The standard InChI is InChI=1S/C18H28N6O2.HI/c1-3-19-18(22-10-5-12-24-13-6-11-23-24)21-9-4-8-20-17(25)16-15(2)7-14-26-16;/h6-7,11,13-14H,3-5,8-10,12H2,1-2H3,(H,20,25)(H2,19,21,22);1H. The van der Waals surface area contributed by atoms with Gasteiger partial charge in [-0.2, -0.15) is 5.10 Å². The van der Waals surface area contributed by atoms with Crippen molar-refractivity contribution in [2.75, 3.05) is 26.2 Å². The number of hydrogen-bond donors (Lipinski definition) is 3. The summed E-state index contributed by atoms with van der Waals surface area (Å²) < 4.78 is 7.07. The summed E-state index contributed by atoms with van der Waals surface area (Å²) in [5.41, 5.74) is 0.845. The van der Waals surface area contributed by atoms with E-state index in [1.54, 1.807) is 12.3 Å². The second kappa shape index (κ2) is 13.2. The molecule has 0 radical (unpaired) electrons. The highest BCUT2D eigenvalue weighted by Gasteiger charge is 2.11. The van der Waals surface area contributed by atoms with Gasteiger partial charge >= 0.3 is 0 Å². The van der Waals surface area contributed by atoms with Crippen LogP contribution in [0.15, 0.2) is 40.2 Å². The molecule has 0 aromatic carbocycles. The molecule has 2 aromatic rings. The van der Waals surface area contributed by atoms with Crippen LogP contribution < -0.4 is 16.0 Å². The van der Waals surface area contributed by atoms with Crippen LogP contribution in [-0.4, -0.2) is 47.8 Å². The van der Waals surface area contributed by atoms with Gasteiger partial charge in [0, 0.05) is 50.7 Å². The Bertz CT molecular complexity index is 684. The Hall–Kier alpha value is -2.04. The summed E-state index contributed by atoms with van der Waals surface area (Å²) in [5.74, 6) is 0.998. The van der Waals surface area contributed by atoms with E-state index in [0.29, 0.717) is 12.3 Å². The molecule has 0 fully saturated rings. The average Bonchev–Trinajstić information content (AvgIpc) is 3.29. The SMILES string of the molecule is CCNC(=NCCCn1cccn1)NCCCNC(=O)c1occc1C.I. The Morgan fingerprint density at radius 1 is 1.26 bits per heavy atom. The number of aliphatic imine (C=N–C) groups is 1. The van der Waals surface area contributed by atoms with Gasteiger partial charge in [0.25, 0.3) is 5.91 Å². The second-order valence-corrected chi connectivity index (χ2v) is 5.85. The summed E-state index contributed by atoms with van der Waals surface area (Å²) in [6.45, 7) is 7.57. The number of aryl methyl sites for hydroxylation is 2. The van der Waals surface area contributed by atoms with E-state index in [9.17, 15) is 4.79 Å². The number of aromatic nitrogens is 2. The predicted molar refractivity (Wildman–Crippen MR) is 117 cm³/mol. The number of nitrogens with one attached hydrogen (secondary N) is 3. The third-order valence-electron chi connectivity index (χ3n) is 3.72. The molecule has 27 heavy (non-hydrogen) atoms. The van der Waals surface area contributed by atoms with Crippen LogP contribution in [0.5, 0.6) is 0 Å². The highest BCUT2D eigenvalue weighted by atomic mass is 127. The fraction of sp³-hybridized carbons (Fsp3) is 0.500. The van der Waals surface area contributed by atoms with Crippen molar-refractivity contribution in [1.29, 1.82) is 0 Å². The van der Waals surface area contributed by atoms with Crippen LogP contribution in [0.2, 0.25) is 0 Å². The van der Waals surface area contributed by atoms with Gasteiger partial charge in [-0.05, 0) is 38.8 Å². The summed E-state index contributed by atoms with van der Waals surface area (Å²) in [7, 11) is 0. The predicted octanol–water partition coefficient (Wildman–Crippen LogP) is 2.17. The zero-order chi connectivity index (χ0) is 18.6. The van der Waals surface area contributed by atoms with E-state index in [2.05, 4.69) is 26.0 Å². The Morgan fingerprint density at radius 2 is 2.07 bits per heavy atom. The van der Waals surface area contributed by atoms with Gasteiger partial charge in [-0.1, -0.05) is 0 Å². The molecule has 0 aliphatic heterocycles. The molecule has 1 amide bonds. The van der Waals surface area contributed by atoms with Gasteiger partial charge in [0.15, 0.2) is 11.7 Å². The molecule has 0 spiro atoms. The number of rotatable bonds is 10. The van der Waals surface area contributed by atoms with E-state index in [-0.39, 0.29) is 29.9 Å². The Kier molecular flexibility index (Phi) is 11.2. The number of furan rings is 1. The Labute approximate surface area is 177 Å². The summed E-state index contributed by atoms with van der Waals surface area (Å²) in [4.78, 5) is 16.5. The first-order valence-corrected chi connectivity index (χ1v) is 9.02. The lowest BCUT2D eigenvalue weighted by Crippen LogP contribution is -2.39. The van der Waals surface area contributed by atoms with Crippen molar-refractivity contribution in [2.24, 2.45) is 4.99 Å². The first-order valence-electron chi connectivity index (χ1n) is 9.02. The Morgan fingerprint density at radius 3 is 2.74 bits per heavy atom.